The number of aromatic nitrogens is 3. The van der Waals surface area contributed by atoms with E-state index in [1.54, 1.807) is 17.5 Å². The first-order chi connectivity index (χ1) is 5.45. The lowest BCUT2D eigenvalue weighted by Gasteiger charge is -1.94. The van der Waals surface area contributed by atoms with Gasteiger partial charge < -0.3 is 0 Å². The molecule has 0 saturated carbocycles. The second kappa shape index (κ2) is 2.84. The minimum atomic E-state index is 0.774. The van der Waals surface area contributed by atoms with Crippen LogP contribution in [-0.2, 0) is 6.54 Å². The van der Waals surface area contributed by atoms with E-state index in [2.05, 4.69) is 10.1 Å². The van der Waals surface area contributed by atoms with Crippen LogP contribution in [0.4, 0.5) is 0 Å². The summed E-state index contributed by atoms with van der Waals surface area (Å²) in [6.45, 7) is 0.774. The van der Waals surface area contributed by atoms with Gasteiger partial charge in [0.15, 0.2) is 0 Å². The summed E-state index contributed by atoms with van der Waals surface area (Å²) in [5.41, 5.74) is 2.90. The molecule has 0 saturated heterocycles. The van der Waals surface area contributed by atoms with Crippen molar-refractivity contribution in [1.82, 2.24) is 14.8 Å². The van der Waals surface area contributed by atoms with E-state index in [9.17, 15) is 0 Å². The third-order valence-corrected chi connectivity index (χ3v) is 2.00. The molecule has 56 valence electrons. The lowest BCUT2D eigenvalue weighted by molar-refractivity contribution is 0.676. The number of nitrogens with zero attached hydrogens (tertiary/aromatic N) is 3. The minimum absolute atomic E-state index is 0.774. The molecule has 2 rings (SSSR count). The van der Waals surface area contributed by atoms with Gasteiger partial charge >= 0.3 is 0 Å². The van der Waals surface area contributed by atoms with E-state index < -0.39 is 0 Å². The Bertz CT molecular complexity index is 266. The van der Waals surface area contributed by atoms with E-state index in [0.717, 1.165) is 12.2 Å². The molecule has 0 amide bonds. The Balaban J connectivity index is 2.14. The monoisotopic (exact) mass is 165 g/mol. The molecule has 0 radical (unpaired) electrons. The van der Waals surface area contributed by atoms with E-state index in [0.29, 0.717) is 0 Å². The van der Waals surface area contributed by atoms with Gasteiger partial charge in [0.25, 0.3) is 0 Å². The van der Waals surface area contributed by atoms with Crippen LogP contribution in [0, 0.1) is 0 Å². The molecule has 11 heavy (non-hydrogen) atoms. The number of hydrogen-bond donors (Lipinski definition) is 0. The maximum absolute atomic E-state index is 4.15. The SMILES string of the molecule is c1cnn(Cc2cscn2)c1. The zero-order valence-electron chi connectivity index (χ0n) is 5.84. The average Bonchev–Trinajstić information content (AvgIpc) is 2.60. The predicted octanol–water partition coefficient (Wildman–Crippen LogP) is 1.39. The fourth-order valence-electron chi connectivity index (χ4n) is 0.876. The second-order valence-corrected chi connectivity index (χ2v) is 2.90. The smallest absolute Gasteiger partial charge is 0.0839 e. The van der Waals surface area contributed by atoms with Crippen molar-refractivity contribution in [2.75, 3.05) is 0 Å². The Labute approximate surface area is 68.3 Å². The number of rotatable bonds is 2. The standard InChI is InChI=1S/C7H7N3S/c1-2-9-10(3-1)4-7-5-11-6-8-7/h1-3,5-6H,4H2. The molecule has 3 nitrogen and oxygen atoms in total. The maximum Gasteiger partial charge on any atom is 0.0839 e. The zero-order chi connectivity index (χ0) is 7.52. The van der Waals surface area contributed by atoms with Gasteiger partial charge in [0, 0.05) is 17.8 Å². The maximum atomic E-state index is 4.15. The quantitative estimate of drug-likeness (QED) is 0.673. The third kappa shape index (κ3) is 1.46. The van der Waals surface area contributed by atoms with E-state index >= 15 is 0 Å². The van der Waals surface area contributed by atoms with Crippen LogP contribution in [0.2, 0.25) is 0 Å². The summed E-state index contributed by atoms with van der Waals surface area (Å²) >= 11 is 1.61. The van der Waals surface area contributed by atoms with Crippen LogP contribution in [0.1, 0.15) is 5.69 Å². The van der Waals surface area contributed by atoms with Crippen LogP contribution in [0.3, 0.4) is 0 Å². The Morgan fingerprint density at radius 3 is 3.18 bits per heavy atom. The van der Waals surface area contributed by atoms with Gasteiger partial charge in [-0.25, -0.2) is 4.98 Å². The highest BCUT2D eigenvalue weighted by Crippen LogP contribution is 2.02. The molecule has 0 aliphatic heterocycles. The fourth-order valence-corrected chi connectivity index (χ4v) is 1.43. The van der Waals surface area contributed by atoms with Crippen molar-refractivity contribution in [1.29, 1.82) is 0 Å². The molecule has 0 aliphatic carbocycles. The molecular weight excluding hydrogens is 158 g/mol. The molecule has 4 heteroatoms. The van der Waals surface area contributed by atoms with Gasteiger partial charge in [0.05, 0.1) is 17.7 Å². The van der Waals surface area contributed by atoms with Crippen LogP contribution >= 0.6 is 11.3 Å². The van der Waals surface area contributed by atoms with Crippen LogP contribution in [0.25, 0.3) is 0 Å². The van der Waals surface area contributed by atoms with E-state index in [4.69, 9.17) is 0 Å². The molecule has 0 spiro atoms. The molecular formula is C7H7N3S. The van der Waals surface area contributed by atoms with E-state index in [1.165, 1.54) is 0 Å². The largest absolute Gasteiger partial charge is 0.267 e. The Kier molecular flexibility index (Phi) is 1.69. The Morgan fingerprint density at radius 2 is 2.55 bits per heavy atom. The highest BCUT2D eigenvalue weighted by atomic mass is 32.1. The molecule has 0 bridgehead atoms. The number of hydrogen-bond acceptors (Lipinski definition) is 3. The molecule has 0 atom stereocenters. The first kappa shape index (κ1) is 6.54. The summed E-state index contributed by atoms with van der Waals surface area (Å²) in [5, 5.41) is 6.10. The van der Waals surface area contributed by atoms with E-state index in [-0.39, 0.29) is 0 Å². The highest BCUT2D eigenvalue weighted by molar-refractivity contribution is 7.07. The summed E-state index contributed by atoms with van der Waals surface area (Å²) in [7, 11) is 0. The van der Waals surface area contributed by atoms with Crippen LogP contribution in [0.15, 0.2) is 29.4 Å². The van der Waals surface area contributed by atoms with Crippen molar-refractivity contribution in [2.45, 2.75) is 6.54 Å². The van der Waals surface area contributed by atoms with Gasteiger partial charge in [-0.2, -0.15) is 5.10 Å². The lowest BCUT2D eigenvalue weighted by Crippen LogP contribution is -1.99. The van der Waals surface area contributed by atoms with Crippen molar-refractivity contribution >= 4 is 11.3 Å². The predicted molar refractivity (Wildman–Crippen MR) is 43.4 cm³/mol. The van der Waals surface area contributed by atoms with Crippen LogP contribution in [0.5, 0.6) is 0 Å². The third-order valence-electron chi connectivity index (χ3n) is 1.37. The van der Waals surface area contributed by atoms with Gasteiger partial charge in [-0.1, -0.05) is 0 Å². The van der Waals surface area contributed by atoms with Crippen LogP contribution in [-0.4, -0.2) is 14.8 Å². The summed E-state index contributed by atoms with van der Waals surface area (Å²) < 4.78 is 1.86. The van der Waals surface area contributed by atoms with Gasteiger partial charge in [-0.05, 0) is 6.07 Å². The van der Waals surface area contributed by atoms with Gasteiger partial charge in [0.2, 0.25) is 0 Å². The molecule has 0 aliphatic rings. The molecule has 2 aromatic rings. The minimum Gasteiger partial charge on any atom is -0.267 e. The molecule has 0 N–H and O–H groups in total. The normalized spacial score (nSPS) is 10.2. The molecule has 2 aromatic heterocycles. The fraction of sp³-hybridized carbons (Fsp3) is 0.143. The second-order valence-electron chi connectivity index (χ2n) is 2.18. The first-order valence-electron chi connectivity index (χ1n) is 3.29. The summed E-state index contributed by atoms with van der Waals surface area (Å²) in [6, 6.07) is 1.91. The Morgan fingerprint density at radius 1 is 1.55 bits per heavy atom. The van der Waals surface area contributed by atoms with Gasteiger partial charge in [0.1, 0.15) is 0 Å². The topological polar surface area (TPSA) is 30.7 Å². The lowest BCUT2D eigenvalue weighted by atomic mass is 10.5. The highest BCUT2D eigenvalue weighted by Gasteiger charge is 1.94. The van der Waals surface area contributed by atoms with Crippen molar-refractivity contribution in [3.05, 3.63) is 35.0 Å². The Hall–Kier alpha value is -1.16. The first-order valence-corrected chi connectivity index (χ1v) is 4.24. The molecule has 0 unspecified atom stereocenters. The van der Waals surface area contributed by atoms with Crippen LogP contribution < -0.4 is 0 Å². The zero-order valence-corrected chi connectivity index (χ0v) is 6.66. The van der Waals surface area contributed by atoms with E-state index in [1.807, 2.05) is 27.8 Å². The molecule has 2 heterocycles. The van der Waals surface area contributed by atoms with Crippen molar-refractivity contribution in [2.24, 2.45) is 0 Å². The summed E-state index contributed by atoms with van der Waals surface area (Å²) in [4.78, 5) is 4.15. The molecule has 0 fully saturated rings. The summed E-state index contributed by atoms with van der Waals surface area (Å²) in [6.07, 6.45) is 3.70. The van der Waals surface area contributed by atoms with Gasteiger partial charge in [-0.3, -0.25) is 4.68 Å². The van der Waals surface area contributed by atoms with Crippen molar-refractivity contribution in [3.63, 3.8) is 0 Å². The van der Waals surface area contributed by atoms with Gasteiger partial charge in [-0.15, -0.1) is 11.3 Å². The van der Waals surface area contributed by atoms with Crippen molar-refractivity contribution in [3.8, 4) is 0 Å². The number of thiazole rings is 1. The molecule has 0 aromatic carbocycles. The average molecular weight is 165 g/mol. The van der Waals surface area contributed by atoms with Crippen molar-refractivity contribution < 1.29 is 0 Å². The summed E-state index contributed by atoms with van der Waals surface area (Å²) in [5.74, 6) is 0.